The first-order valence-corrected chi connectivity index (χ1v) is 8.89. The van der Waals surface area contributed by atoms with Gasteiger partial charge >= 0.3 is 0 Å². The van der Waals surface area contributed by atoms with Crippen molar-refractivity contribution in [2.45, 2.75) is 29.1 Å². The normalized spacial score (nSPS) is 10.1. The van der Waals surface area contributed by atoms with Crippen molar-refractivity contribution >= 4 is 35.7 Å². The smallest absolute Gasteiger partial charge is 0.230 e. The summed E-state index contributed by atoms with van der Waals surface area (Å²) in [6.45, 7) is 0. The van der Waals surface area contributed by atoms with Gasteiger partial charge in [-0.05, 0) is 54.6 Å². The van der Waals surface area contributed by atoms with Crippen LogP contribution in [0.15, 0.2) is 70.5 Å². The molecule has 0 aliphatic carbocycles. The molecule has 0 radical (unpaired) electrons. The van der Waals surface area contributed by atoms with Crippen LogP contribution in [-0.4, -0.2) is 11.8 Å². The van der Waals surface area contributed by atoms with E-state index >= 15 is 0 Å². The third kappa shape index (κ3) is 7.25. The lowest BCUT2D eigenvalue weighted by atomic mass is 10.2. The Morgan fingerprint density at radius 1 is 0.696 bits per heavy atom. The second-order valence-electron chi connectivity index (χ2n) is 4.73. The first-order valence-electron chi connectivity index (χ1n) is 7.25. The van der Waals surface area contributed by atoms with Crippen molar-refractivity contribution < 1.29 is 9.59 Å². The van der Waals surface area contributed by atoms with E-state index in [2.05, 4.69) is 9.44 Å². The number of carbonyl (C=O) groups excluding carboxylic acids is 2. The Morgan fingerprint density at radius 3 is 1.48 bits per heavy atom. The second-order valence-corrected chi connectivity index (χ2v) is 6.49. The molecule has 0 spiro atoms. The average molecular weight is 346 g/mol. The third-order valence-electron chi connectivity index (χ3n) is 2.86. The van der Waals surface area contributed by atoms with Crippen LogP contribution in [0.4, 0.5) is 0 Å². The minimum atomic E-state index is -0.0673. The van der Waals surface area contributed by atoms with E-state index in [-0.39, 0.29) is 11.8 Å². The zero-order chi connectivity index (χ0) is 16.3. The molecule has 0 bridgehead atoms. The fourth-order valence-corrected chi connectivity index (χ4v) is 2.97. The molecule has 4 nitrogen and oxygen atoms in total. The van der Waals surface area contributed by atoms with Crippen molar-refractivity contribution in [2.24, 2.45) is 0 Å². The van der Waals surface area contributed by atoms with Gasteiger partial charge in [-0.3, -0.25) is 19.0 Å². The number of carbonyl (C=O) groups is 2. The summed E-state index contributed by atoms with van der Waals surface area (Å²) in [5.41, 5.74) is 0. The highest BCUT2D eigenvalue weighted by Crippen LogP contribution is 2.14. The summed E-state index contributed by atoms with van der Waals surface area (Å²) in [4.78, 5) is 25.4. The highest BCUT2D eigenvalue weighted by molar-refractivity contribution is 7.98. The number of benzene rings is 2. The number of hydrogen-bond acceptors (Lipinski definition) is 4. The molecule has 120 valence electrons. The molecule has 2 rings (SSSR count). The minimum Gasteiger partial charge on any atom is -0.296 e. The topological polar surface area (TPSA) is 58.2 Å². The summed E-state index contributed by atoms with van der Waals surface area (Å²) >= 11 is 2.58. The van der Waals surface area contributed by atoms with Crippen molar-refractivity contribution in [2.75, 3.05) is 0 Å². The SMILES string of the molecule is O=C(CCCC(=O)NSc1ccccc1)NSc1ccccc1. The van der Waals surface area contributed by atoms with Gasteiger partial charge in [0, 0.05) is 22.6 Å². The van der Waals surface area contributed by atoms with E-state index in [0.717, 1.165) is 9.79 Å². The molecule has 0 aliphatic rings. The summed E-state index contributed by atoms with van der Waals surface area (Å²) in [5, 5.41) is 0. The Morgan fingerprint density at radius 2 is 1.09 bits per heavy atom. The number of amides is 2. The number of hydrogen-bond donors (Lipinski definition) is 2. The summed E-state index contributed by atoms with van der Waals surface area (Å²) < 4.78 is 5.54. The Kier molecular flexibility index (Phi) is 7.56. The van der Waals surface area contributed by atoms with Crippen LogP contribution in [0.2, 0.25) is 0 Å². The maximum Gasteiger partial charge on any atom is 0.230 e. The van der Waals surface area contributed by atoms with E-state index in [9.17, 15) is 9.59 Å². The van der Waals surface area contributed by atoms with Gasteiger partial charge in [-0.25, -0.2) is 0 Å². The van der Waals surface area contributed by atoms with Gasteiger partial charge in [-0.1, -0.05) is 36.4 Å². The fourth-order valence-electron chi connectivity index (χ4n) is 1.72. The van der Waals surface area contributed by atoms with E-state index in [1.165, 1.54) is 23.9 Å². The highest BCUT2D eigenvalue weighted by atomic mass is 32.2. The molecule has 0 aromatic heterocycles. The van der Waals surface area contributed by atoms with Gasteiger partial charge in [-0.2, -0.15) is 0 Å². The Hall–Kier alpha value is -1.92. The third-order valence-corrected chi connectivity index (χ3v) is 4.53. The predicted molar refractivity (Wildman–Crippen MR) is 94.7 cm³/mol. The lowest BCUT2D eigenvalue weighted by molar-refractivity contribution is -0.120. The number of rotatable bonds is 8. The molecule has 2 N–H and O–H groups in total. The van der Waals surface area contributed by atoms with Crippen molar-refractivity contribution in [1.82, 2.24) is 9.44 Å². The Labute approximate surface area is 144 Å². The minimum absolute atomic E-state index is 0.0673. The van der Waals surface area contributed by atoms with E-state index < -0.39 is 0 Å². The van der Waals surface area contributed by atoms with Crippen LogP contribution >= 0.6 is 23.9 Å². The predicted octanol–water partition coefficient (Wildman–Crippen LogP) is 3.80. The number of nitrogens with one attached hydrogen (secondary N) is 2. The van der Waals surface area contributed by atoms with Crippen molar-refractivity contribution in [3.63, 3.8) is 0 Å². The lowest BCUT2D eigenvalue weighted by Gasteiger charge is -2.05. The van der Waals surface area contributed by atoms with Crippen LogP contribution in [0.5, 0.6) is 0 Å². The monoisotopic (exact) mass is 346 g/mol. The lowest BCUT2D eigenvalue weighted by Crippen LogP contribution is -2.18. The van der Waals surface area contributed by atoms with E-state index in [1.807, 2.05) is 60.7 Å². The standard InChI is InChI=1S/C17H18N2O2S2/c20-16(18-22-14-8-3-1-4-9-14)12-7-13-17(21)19-23-15-10-5-2-6-11-15/h1-6,8-11H,7,12-13H2,(H,18,20)(H,19,21). The molecule has 0 heterocycles. The van der Waals surface area contributed by atoms with E-state index in [1.54, 1.807) is 0 Å². The largest absolute Gasteiger partial charge is 0.296 e. The van der Waals surface area contributed by atoms with Gasteiger partial charge in [0.05, 0.1) is 0 Å². The average Bonchev–Trinajstić information content (AvgIpc) is 2.60. The van der Waals surface area contributed by atoms with Gasteiger partial charge in [0.2, 0.25) is 11.8 Å². The highest BCUT2D eigenvalue weighted by Gasteiger charge is 2.06. The molecule has 0 aliphatic heterocycles. The summed E-state index contributed by atoms with van der Waals surface area (Å²) in [7, 11) is 0. The van der Waals surface area contributed by atoms with Crippen LogP contribution in [0, 0.1) is 0 Å². The molecular formula is C17H18N2O2S2. The molecule has 23 heavy (non-hydrogen) atoms. The summed E-state index contributed by atoms with van der Waals surface area (Å²) in [5.74, 6) is -0.135. The van der Waals surface area contributed by atoms with Gasteiger partial charge in [0.1, 0.15) is 0 Å². The van der Waals surface area contributed by atoms with Crippen LogP contribution in [-0.2, 0) is 9.59 Å². The van der Waals surface area contributed by atoms with E-state index in [0.29, 0.717) is 19.3 Å². The van der Waals surface area contributed by atoms with Gasteiger partial charge < -0.3 is 0 Å². The van der Waals surface area contributed by atoms with Crippen molar-refractivity contribution in [3.05, 3.63) is 60.7 Å². The maximum atomic E-state index is 11.7. The van der Waals surface area contributed by atoms with Crippen LogP contribution in [0.3, 0.4) is 0 Å². The molecule has 0 atom stereocenters. The molecule has 0 unspecified atom stereocenters. The molecule has 2 aromatic carbocycles. The Bertz CT molecular complexity index is 566. The quantitative estimate of drug-likeness (QED) is 0.714. The fraction of sp³-hybridized carbons (Fsp3) is 0.176. The first kappa shape index (κ1) is 17.4. The van der Waals surface area contributed by atoms with Crippen LogP contribution in [0.25, 0.3) is 0 Å². The second kappa shape index (κ2) is 9.97. The molecule has 2 amide bonds. The molecular weight excluding hydrogens is 328 g/mol. The molecule has 0 saturated carbocycles. The molecule has 0 fully saturated rings. The maximum absolute atomic E-state index is 11.7. The molecule has 2 aromatic rings. The first-order chi connectivity index (χ1) is 11.2. The van der Waals surface area contributed by atoms with Gasteiger partial charge in [0.25, 0.3) is 0 Å². The van der Waals surface area contributed by atoms with E-state index in [4.69, 9.17) is 0 Å². The summed E-state index contributed by atoms with van der Waals surface area (Å²) in [6, 6.07) is 19.3. The van der Waals surface area contributed by atoms with Crippen molar-refractivity contribution in [3.8, 4) is 0 Å². The zero-order valence-electron chi connectivity index (χ0n) is 12.5. The van der Waals surface area contributed by atoms with Gasteiger partial charge in [0.15, 0.2) is 0 Å². The Balaban J connectivity index is 1.57. The van der Waals surface area contributed by atoms with Crippen molar-refractivity contribution in [1.29, 1.82) is 0 Å². The van der Waals surface area contributed by atoms with Crippen LogP contribution < -0.4 is 9.44 Å². The van der Waals surface area contributed by atoms with Crippen LogP contribution in [0.1, 0.15) is 19.3 Å². The molecule has 6 heteroatoms. The molecule has 0 saturated heterocycles. The zero-order valence-corrected chi connectivity index (χ0v) is 14.2. The van der Waals surface area contributed by atoms with Gasteiger partial charge in [-0.15, -0.1) is 0 Å². The summed E-state index contributed by atoms with van der Waals surface area (Å²) in [6.07, 6.45) is 1.20.